The molecule has 0 unspecified atom stereocenters. The van der Waals surface area contributed by atoms with E-state index in [0.29, 0.717) is 6.42 Å². The molecule has 0 aliphatic carbocycles. The van der Waals surface area contributed by atoms with E-state index in [9.17, 15) is 4.79 Å². The Kier molecular flexibility index (Phi) is 12.3. The van der Waals surface area contributed by atoms with E-state index >= 15 is 0 Å². The molecule has 0 aliphatic heterocycles. The maximum absolute atomic E-state index is 10.5. The second-order valence-corrected chi connectivity index (χ2v) is 1.69. The van der Waals surface area contributed by atoms with Crippen molar-refractivity contribution in [1.82, 2.24) is 0 Å². The molecule has 0 aromatic carbocycles. The number of aliphatic hydroxyl groups excluding tert-OH is 1. The van der Waals surface area contributed by atoms with Gasteiger partial charge in [-0.1, -0.05) is 6.92 Å². The van der Waals surface area contributed by atoms with Crippen molar-refractivity contribution in [3.63, 3.8) is 0 Å². The first-order chi connectivity index (χ1) is 4.31. The predicted molar refractivity (Wildman–Crippen MR) is 40.1 cm³/mol. The van der Waals surface area contributed by atoms with Crippen LogP contribution in [-0.2, 0) is 9.53 Å². The third kappa shape index (κ3) is 8.43. The van der Waals surface area contributed by atoms with Crippen molar-refractivity contribution in [3.05, 3.63) is 0 Å². The molecule has 3 nitrogen and oxygen atoms in total. The van der Waals surface area contributed by atoms with E-state index in [1.807, 2.05) is 6.92 Å². The van der Waals surface area contributed by atoms with E-state index in [2.05, 4.69) is 4.74 Å². The first-order valence-electron chi connectivity index (χ1n) is 3.07. The van der Waals surface area contributed by atoms with Gasteiger partial charge < -0.3 is 9.84 Å². The van der Waals surface area contributed by atoms with Gasteiger partial charge in [0, 0.05) is 6.42 Å². The molecule has 0 bridgehead atoms. The van der Waals surface area contributed by atoms with Crippen LogP contribution in [0.4, 0.5) is 0 Å². The summed E-state index contributed by atoms with van der Waals surface area (Å²) in [5, 5.41) is 8.21. The number of carbonyl (C=O) groups excluding carboxylic acids is 1. The molecule has 4 heteroatoms. The molecule has 0 amide bonds. The van der Waals surface area contributed by atoms with Gasteiger partial charge in [-0.15, -0.1) is 0 Å². The number of esters is 1. The van der Waals surface area contributed by atoms with Crippen LogP contribution < -0.4 is 0 Å². The fourth-order valence-electron chi connectivity index (χ4n) is 0.436. The molecule has 0 aromatic heterocycles. The fourth-order valence-corrected chi connectivity index (χ4v) is 0.436. The molecule has 0 rings (SSSR count). The molecule has 0 aromatic rings. The van der Waals surface area contributed by atoms with Gasteiger partial charge in [-0.3, -0.25) is 4.79 Å². The van der Waals surface area contributed by atoms with E-state index < -0.39 is 0 Å². The van der Waals surface area contributed by atoms with Crippen molar-refractivity contribution in [2.45, 2.75) is 19.8 Å². The molecule has 0 atom stereocenters. The minimum absolute atomic E-state index is 0. The van der Waals surface area contributed by atoms with Crippen molar-refractivity contribution in [2.75, 3.05) is 13.2 Å². The van der Waals surface area contributed by atoms with E-state index in [4.69, 9.17) is 5.11 Å². The molecule has 10 heavy (non-hydrogen) atoms. The summed E-state index contributed by atoms with van der Waals surface area (Å²) >= 11 is 0. The van der Waals surface area contributed by atoms with Crippen molar-refractivity contribution in [2.24, 2.45) is 0 Å². The summed E-state index contributed by atoms with van der Waals surface area (Å²) in [6.45, 7) is 1.94. The molecule has 0 saturated carbocycles. The van der Waals surface area contributed by atoms with E-state index in [1.165, 1.54) is 0 Å². The number of carbonyl (C=O) groups is 1. The quantitative estimate of drug-likeness (QED) is 0.448. The van der Waals surface area contributed by atoms with Gasteiger partial charge in [-0.2, -0.15) is 0 Å². The zero-order valence-electron chi connectivity index (χ0n) is 5.59. The van der Waals surface area contributed by atoms with Gasteiger partial charge in [0.15, 0.2) is 0 Å². The standard InChI is InChI=1S/C6H12O3.Na.H/c1-2-3-6(8)9-5-4-7;;/h7H,2-5H2,1H3;;. The zero-order chi connectivity index (χ0) is 7.11. The minimum atomic E-state index is -0.230. The molecular weight excluding hydrogens is 143 g/mol. The second-order valence-electron chi connectivity index (χ2n) is 1.69. The van der Waals surface area contributed by atoms with Gasteiger partial charge in [0.05, 0.1) is 6.61 Å². The van der Waals surface area contributed by atoms with Crippen LogP contribution in [0.1, 0.15) is 19.8 Å². The van der Waals surface area contributed by atoms with Gasteiger partial charge in [0.1, 0.15) is 6.61 Å². The Bertz CT molecular complexity index is 85.1. The summed E-state index contributed by atoms with van der Waals surface area (Å²) in [5.41, 5.74) is 0. The van der Waals surface area contributed by atoms with Crippen LogP contribution in [-0.4, -0.2) is 53.8 Å². The Morgan fingerprint density at radius 1 is 1.60 bits per heavy atom. The monoisotopic (exact) mass is 156 g/mol. The molecule has 0 heterocycles. The zero-order valence-corrected chi connectivity index (χ0v) is 5.59. The molecule has 0 radical (unpaired) electrons. The number of rotatable bonds is 4. The third-order valence-corrected chi connectivity index (χ3v) is 0.808. The Morgan fingerprint density at radius 2 is 2.20 bits per heavy atom. The van der Waals surface area contributed by atoms with Crippen molar-refractivity contribution >= 4 is 35.5 Å². The Labute approximate surface area is 83.0 Å². The second kappa shape index (κ2) is 9.43. The van der Waals surface area contributed by atoms with Gasteiger partial charge >= 0.3 is 35.5 Å². The predicted octanol–water partition coefficient (Wildman–Crippen LogP) is -0.326. The summed E-state index contributed by atoms with van der Waals surface area (Å²) in [6, 6.07) is 0. The van der Waals surface area contributed by atoms with Crippen LogP contribution in [0.5, 0.6) is 0 Å². The first-order valence-corrected chi connectivity index (χ1v) is 3.07. The van der Waals surface area contributed by atoms with E-state index in [0.717, 1.165) is 6.42 Å². The summed E-state index contributed by atoms with van der Waals surface area (Å²) in [7, 11) is 0. The van der Waals surface area contributed by atoms with E-state index in [-0.39, 0.29) is 48.7 Å². The van der Waals surface area contributed by atoms with Gasteiger partial charge in [0.25, 0.3) is 0 Å². The molecule has 56 valence electrons. The summed E-state index contributed by atoms with van der Waals surface area (Å²) < 4.78 is 4.54. The molecule has 1 N–H and O–H groups in total. The average molecular weight is 156 g/mol. The topological polar surface area (TPSA) is 46.5 Å². The summed E-state index contributed by atoms with van der Waals surface area (Å²) in [5.74, 6) is -0.230. The van der Waals surface area contributed by atoms with Crippen LogP contribution in [0.25, 0.3) is 0 Å². The third-order valence-electron chi connectivity index (χ3n) is 0.808. The Balaban J connectivity index is 0. The molecule has 0 fully saturated rings. The van der Waals surface area contributed by atoms with Gasteiger partial charge in [-0.25, -0.2) is 0 Å². The van der Waals surface area contributed by atoms with Crippen LogP contribution >= 0.6 is 0 Å². The molecule has 0 spiro atoms. The number of aliphatic hydroxyl groups is 1. The van der Waals surface area contributed by atoms with Crippen molar-refractivity contribution < 1.29 is 14.6 Å². The van der Waals surface area contributed by atoms with Crippen molar-refractivity contribution in [1.29, 1.82) is 0 Å². The van der Waals surface area contributed by atoms with Crippen LogP contribution in [0.3, 0.4) is 0 Å². The summed E-state index contributed by atoms with van der Waals surface area (Å²) in [4.78, 5) is 10.5. The first kappa shape index (κ1) is 13.1. The molecule has 0 aliphatic rings. The van der Waals surface area contributed by atoms with Gasteiger partial charge in [0.2, 0.25) is 0 Å². The normalized spacial score (nSPS) is 8.20. The average Bonchev–Trinajstić information content (AvgIpc) is 1.85. The molecule has 0 saturated heterocycles. The maximum atomic E-state index is 10.5. The van der Waals surface area contributed by atoms with Crippen LogP contribution in [0, 0.1) is 0 Å². The van der Waals surface area contributed by atoms with E-state index in [1.54, 1.807) is 0 Å². The summed E-state index contributed by atoms with van der Waals surface area (Å²) in [6.07, 6.45) is 1.24. The number of hydrogen-bond acceptors (Lipinski definition) is 3. The van der Waals surface area contributed by atoms with Crippen molar-refractivity contribution in [3.8, 4) is 0 Å². The van der Waals surface area contributed by atoms with Crippen LogP contribution in [0.15, 0.2) is 0 Å². The Morgan fingerprint density at radius 3 is 2.60 bits per heavy atom. The van der Waals surface area contributed by atoms with Gasteiger partial charge in [-0.05, 0) is 6.42 Å². The number of hydrogen-bond donors (Lipinski definition) is 1. The Hall–Kier alpha value is 0.430. The SMILES string of the molecule is CCCC(=O)OCCO.[NaH]. The fraction of sp³-hybridized carbons (Fsp3) is 0.833. The van der Waals surface area contributed by atoms with Crippen LogP contribution in [0.2, 0.25) is 0 Å². The molecular formula is C6H13NaO3. The number of ether oxygens (including phenoxy) is 1.